The summed E-state index contributed by atoms with van der Waals surface area (Å²) < 4.78 is 5.23. The third kappa shape index (κ3) is 4.13. The van der Waals surface area contributed by atoms with Crippen molar-refractivity contribution < 1.29 is 14.3 Å². The lowest BCUT2D eigenvalue weighted by Crippen LogP contribution is -2.36. The molecule has 0 aliphatic carbocycles. The molecule has 1 atom stereocenters. The highest BCUT2D eigenvalue weighted by molar-refractivity contribution is 7.14. The molecule has 0 radical (unpaired) electrons. The quantitative estimate of drug-likeness (QED) is 0.642. The van der Waals surface area contributed by atoms with Crippen molar-refractivity contribution in [1.82, 2.24) is 4.98 Å². The van der Waals surface area contributed by atoms with E-state index in [9.17, 15) is 9.59 Å². The summed E-state index contributed by atoms with van der Waals surface area (Å²) in [5.74, 6) is 0.570. The van der Waals surface area contributed by atoms with Gasteiger partial charge in [-0.25, -0.2) is 9.78 Å². The molecule has 154 valence electrons. The van der Waals surface area contributed by atoms with E-state index in [1.54, 1.807) is 24.6 Å². The molecule has 3 amide bonds. The number of hydrogen-bond donors (Lipinski definition) is 2. The van der Waals surface area contributed by atoms with Gasteiger partial charge >= 0.3 is 6.03 Å². The van der Waals surface area contributed by atoms with E-state index in [0.717, 1.165) is 12.1 Å². The zero-order valence-electron chi connectivity index (χ0n) is 16.7. The number of thiazole rings is 1. The van der Waals surface area contributed by atoms with Gasteiger partial charge in [0, 0.05) is 17.1 Å². The van der Waals surface area contributed by atoms with Crippen LogP contribution in [0.25, 0.3) is 0 Å². The van der Waals surface area contributed by atoms with Crippen LogP contribution in [0.5, 0.6) is 5.75 Å². The fraction of sp³-hybridized carbons (Fsp3) is 0.227. The van der Waals surface area contributed by atoms with Crippen molar-refractivity contribution in [2.24, 2.45) is 0 Å². The fourth-order valence-electron chi connectivity index (χ4n) is 3.63. The normalized spacial score (nSPS) is 14.9. The van der Waals surface area contributed by atoms with Crippen LogP contribution < -0.4 is 20.3 Å². The van der Waals surface area contributed by atoms with E-state index in [0.29, 0.717) is 22.3 Å². The molecule has 7 nitrogen and oxygen atoms in total. The number of anilines is 3. The molecule has 2 aromatic carbocycles. The molecule has 0 saturated carbocycles. The van der Waals surface area contributed by atoms with Crippen molar-refractivity contribution in [3.63, 3.8) is 0 Å². The molecule has 1 aromatic heterocycles. The van der Waals surface area contributed by atoms with Gasteiger partial charge in [-0.05, 0) is 37.1 Å². The van der Waals surface area contributed by atoms with Gasteiger partial charge in [0.1, 0.15) is 5.75 Å². The molecule has 0 unspecified atom stereocenters. The topological polar surface area (TPSA) is 83.6 Å². The van der Waals surface area contributed by atoms with Crippen molar-refractivity contribution in [3.8, 4) is 5.75 Å². The van der Waals surface area contributed by atoms with Gasteiger partial charge < -0.3 is 15.0 Å². The molecule has 0 spiro atoms. The summed E-state index contributed by atoms with van der Waals surface area (Å²) in [6.45, 7) is 2.05. The van der Waals surface area contributed by atoms with Crippen LogP contribution >= 0.6 is 11.3 Å². The number of carbonyl (C=O) groups excluding carboxylic acids is 2. The van der Waals surface area contributed by atoms with Crippen molar-refractivity contribution in [2.45, 2.75) is 25.8 Å². The summed E-state index contributed by atoms with van der Waals surface area (Å²) >= 11 is 1.28. The maximum absolute atomic E-state index is 12.9. The summed E-state index contributed by atoms with van der Waals surface area (Å²) in [5.41, 5.74) is 3.35. The molecule has 0 saturated heterocycles. The first-order chi connectivity index (χ1) is 14.5. The van der Waals surface area contributed by atoms with Crippen LogP contribution in [0.3, 0.4) is 0 Å². The van der Waals surface area contributed by atoms with E-state index in [-0.39, 0.29) is 18.4 Å². The van der Waals surface area contributed by atoms with Gasteiger partial charge in [0.25, 0.3) is 0 Å². The van der Waals surface area contributed by atoms with E-state index in [4.69, 9.17) is 4.74 Å². The SMILES string of the molecule is COc1ccccc1NC(=O)Nc1nc(CC(=O)N2c3ccccc3C[C@H]2C)cs1. The number of aromatic nitrogens is 1. The molecule has 0 bridgehead atoms. The predicted octanol–water partition coefficient (Wildman–Crippen LogP) is 4.32. The largest absolute Gasteiger partial charge is 0.495 e. The average molecular weight is 423 g/mol. The summed E-state index contributed by atoms with van der Waals surface area (Å²) in [6.07, 6.45) is 1.04. The lowest BCUT2D eigenvalue weighted by Gasteiger charge is -2.22. The van der Waals surface area contributed by atoms with Crippen LogP contribution in [0.1, 0.15) is 18.2 Å². The summed E-state index contributed by atoms with van der Waals surface area (Å²) in [7, 11) is 1.54. The number of benzene rings is 2. The van der Waals surface area contributed by atoms with Gasteiger partial charge in [0.05, 0.1) is 24.9 Å². The predicted molar refractivity (Wildman–Crippen MR) is 119 cm³/mol. The van der Waals surface area contributed by atoms with Crippen LogP contribution in [0.4, 0.5) is 21.3 Å². The van der Waals surface area contributed by atoms with Crippen LogP contribution in [-0.4, -0.2) is 30.1 Å². The Balaban J connectivity index is 1.39. The second-order valence-electron chi connectivity index (χ2n) is 7.05. The van der Waals surface area contributed by atoms with E-state index < -0.39 is 6.03 Å². The maximum atomic E-state index is 12.9. The van der Waals surface area contributed by atoms with Gasteiger partial charge in [0.2, 0.25) is 5.91 Å². The summed E-state index contributed by atoms with van der Waals surface area (Å²) in [6, 6.07) is 14.8. The number of nitrogens with one attached hydrogen (secondary N) is 2. The lowest BCUT2D eigenvalue weighted by molar-refractivity contribution is -0.118. The summed E-state index contributed by atoms with van der Waals surface area (Å²) in [4.78, 5) is 31.4. The lowest BCUT2D eigenvalue weighted by atomic mass is 10.1. The molecule has 2 heterocycles. The molecule has 1 aliphatic rings. The Bertz CT molecular complexity index is 1080. The molecule has 2 N–H and O–H groups in total. The van der Waals surface area contributed by atoms with Crippen molar-refractivity contribution in [2.75, 3.05) is 22.6 Å². The summed E-state index contributed by atoms with van der Waals surface area (Å²) in [5, 5.41) is 7.67. The number of amides is 3. The molecule has 8 heteroatoms. The Morgan fingerprint density at radius 1 is 1.17 bits per heavy atom. The smallest absolute Gasteiger partial charge is 0.325 e. The average Bonchev–Trinajstić information content (AvgIpc) is 3.30. The Morgan fingerprint density at radius 2 is 1.93 bits per heavy atom. The van der Waals surface area contributed by atoms with Gasteiger partial charge in [0.15, 0.2) is 5.13 Å². The molecule has 3 aromatic rings. The Hall–Kier alpha value is -3.39. The molecule has 30 heavy (non-hydrogen) atoms. The third-order valence-electron chi connectivity index (χ3n) is 4.94. The molecule has 4 rings (SSSR count). The molecule has 1 aliphatic heterocycles. The molecular weight excluding hydrogens is 400 g/mol. The fourth-order valence-corrected chi connectivity index (χ4v) is 4.34. The minimum atomic E-state index is -0.422. The van der Waals surface area contributed by atoms with E-state index >= 15 is 0 Å². The highest BCUT2D eigenvalue weighted by atomic mass is 32.1. The van der Waals surface area contributed by atoms with Crippen molar-refractivity contribution in [3.05, 3.63) is 65.2 Å². The minimum Gasteiger partial charge on any atom is -0.495 e. The number of fused-ring (bicyclic) bond motifs is 1. The van der Waals surface area contributed by atoms with Crippen molar-refractivity contribution in [1.29, 1.82) is 0 Å². The second kappa shape index (κ2) is 8.54. The van der Waals surface area contributed by atoms with Gasteiger partial charge in [-0.1, -0.05) is 30.3 Å². The highest BCUT2D eigenvalue weighted by Crippen LogP contribution is 2.32. The number of methoxy groups -OCH3 is 1. The number of ether oxygens (including phenoxy) is 1. The Kier molecular flexibility index (Phi) is 5.67. The number of rotatable bonds is 5. The zero-order chi connectivity index (χ0) is 21.1. The standard InChI is InChI=1S/C22H22N4O3S/c1-14-11-15-7-3-5-9-18(15)26(14)20(27)12-16-13-30-22(23-16)25-21(28)24-17-8-4-6-10-19(17)29-2/h3-10,13-14H,11-12H2,1-2H3,(H2,23,24,25,28)/t14-/m1/s1. The van der Waals surface area contributed by atoms with Crippen LogP contribution in [-0.2, 0) is 17.6 Å². The first-order valence-corrected chi connectivity index (χ1v) is 10.5. The maximum Gasteiger partial charge on any atom is 0.325 e. The minimum absolute atomic E-state index is 0.00257. The Morgan fingerprint density at radius 3 is 2.77 bits per heavy atom. The number of para-hydroxylation sites is 3. The monoisotopic (exact) mass is 422 g/mol. The van der Waals surface area contributed by atoms with Gasteiger partial charge in [-0.3, -0.25) is 10.1 Å². The first kappa shape index (κ1) is 19.9. The zero-order valence-corrected chi connectivity index (χ0v) is 17.5. The van der Waals surface area contributed by atoms with E-state index in [2.05, 4.69) is 21.7 Å². The van der Waals surface area contributed by atoms with E-state index in [1.807, 2.05) is 42.2 Å². The number of urea groups is 1. The number of carbonyl (C=O) groups is 2. The second-order valence-corrected chi connectivity index (χ2v) is 7.90. The number of nitrogens with zero attached hydrogens (tertiary/aromatic N) is 2. The third-order valence-corrected chi connectivity index (χ3v) is 5.74. The molecule has 0 fully saturated rings. The Labute approximate surface area is 178 Å². The van der Waals surface area contributed by atoms with Gasteiger partial charge in [-0.15, -0.1) is 11.3 Å². The first-order valence-electron chi connectivity index (χ1n) is 9.60. The highest BCUT2D eigenvalue weighted by Gasteiger charge is 2.30. The van der Waals surface area contributed by atoms with Crippen LogP contribution in [0.15, 0.2) is 53.9 Å². The number of hydrogen-bond acceptors (Lipinski definition) is 5. The van der Waals surface area contributed by atoms with Crippen LogP contribution in [0.2, 0.25) is 0 Å². The van der Waals surface area contributed by atoms with Crippen LogP contribution in [0, 0.1) is 0 Å². The van der Waals surface area contributed by atoms with Crippen molar-refractivity contribution >= 4 is 39.8 Å². The van der Waals surface area contributed by atoms with Gasteiger partial charge in [-0.2, -0.15) is 0 Å². The van der Waals surface area contributed by atoms with E-state index in [1.165, 1.54) is 16.9 Å². The molecular formula is C22H22N4O3S.